The zero-order valence-electron chi connectivity index (χ0n) is 16.7. The van der Waals surface area contributed by atoms with Gasteiger partial charge in [0.15, 0.2) is 0 Å². The van der Waals surface area contributed by atoms with Gasteiger partial charge in [-0.05, 0) is 38.5 Å². The predicted molar refractivity (Wildman–Crippen MR) is 107 cm³/mol. The second-order valence-corrected chi connectivity index (χ2v) is 7.04. The van der Waals surface area contributed by atoms with Crippen molar-refractivity contribution in [2.45, 2.75) is 57.4 Å². The highest BCUT2D eigenvalue weighted by atomic mass is 16.5. The summed E-state index contributed by atoms with van der Waals surface area (Å²) < 4.78 is 5.10. The molecule has 7 nitrogen and oxygen atoms in total. The number of likely N-dealkylation sites (tertiary alicyclic amines) is 1. The Balaban J connectivity index is 2.33. The van der Waals surface area contributed by atoms with Gasteiger partial charge in [0.25, 0.3) is 0 Å². The fourth-order valence-corrected chi connectivity index (χ4v) is 3.28. The van der Waals surface area contributed by atoms with E-state index in [1.807, 2.05) is 6.08 Å². The number of esters is 1. The van der Waals surface area contributed by atoms with Gasteiger partial charge in [-0.25, -0.2) is 0 Å². The van der Waals surface area contributed by atoms with Crippen molar-refractivity contribution in [2.75, 3.05) is 26.3 Å². The minimum absolute atomic E-state index is 0.0526. The highest BCUT2D eigenvalue weighted by molar-refractivity contribution is 5.86. The molecule has 0 aromatic heterocycles. The van der Waals surface area contributed by atoms with Crippen molar-refractivity contribution < 1.29 is 24.2 Å². The molecule has 0 aliphatic carbocycles. The van der Waals surface area contributed by atoms with Crippen LogP contribution in [0.1, 0.15) is 51.4 Å². The maximum Gasteiger partial charge on any atom is 0.305 e. The molecular formula is C21H34N2O5. The minimum Gasteiger partial charge on any atom is -0.464 e. The molecule has 1 heterocycles. The molecule has 1 saturated heterocycles. The first-order chi connectivity index (χ1) is 13.5. The first-order valence-corrected chi connectivity index (χ1v) is 10.1. The monoisotopic (exact) mass is 394 g/mol. The Labute approximate surface area is 167 Å². The van der Waals surface area contributed by atoms with E-state index >= 15 is 0 Å². The summed E-state index contributed by atoms with van der Waals surface area (Å²) in [5.41, 5.74) is 0. The van der Waals surface area contributed by atoms with E-state index < -0.39 is 5.92 Å². The van der Waals surface area contributed by atoms with Crippen molar-refractivity contribution in [2.24, 2.45) is 5.92 Å². The molecule has 0 bridgehead atoms. The summed E-state index contributed by atoms with van der Waals surface area (Å²) in [5, 5.41) is 12.1. The Morgan fingerprint density at radius 3 is 2.71 bits per heavy atom. The van der Waals surface area contributed by atoms with Gasteiger partial charge in [0.1, 0.15) is 6.61 Å². The van der Waals surface area contributed by atoms with Crippen LogP contribution in [0.4, 0.5) is 0 Å². The van der Waals surface area contributed by atoms with Crippen molar-refractivity contribution in [3.63, 3.8) is 0 Å². The van der Waals surface area contributed by atoms with Crippen molar-refractivity contribution in [1.82, 2.24) is 10.2 Å². The SMILES string of the molecule is C=CCCCCC(=O)OCCNC(=O)C(CC=C)CC(=O)N1CCCC1CO. The molecule has 0 aromatic carbocycles. The van der Waals surface area contributed by atoms with Gasteiger partial charge in [0.2, 0.25) is 11.8 Å². The van der Waals surface area contributed by atoms with Crippen molar-refractivity contribution in [1.29, 1.82) is 0 Å². The van der Waals surface area contributed by atoms with Crippen molar-refractivity contribution >= 4 is 17.8 Å². The number of nitrogens with zero attached hydrogens (tertiary/aromatic N) is 1. The fraction of sp³-hybridized carbons (Fsp3) is 0.667. The lowest BCUT2D eigenvalue weighted by molar-refractivity contribution is -0.144. The Bertz CT molecular complexity index is 535. The van der Waals surface area contributed by atoms with Gasteiger partial charge < -0.3 is 20.1 Å². The maximum atomic E-state index is 12.5. The predicted octanol–water partition coefficient (Wildman–Crippen LogP) is 1.96. The number of carbonyl (C=O) groups is 3. The zero-order valence-corrected chi connectivity index (χ0v) is 16.7. The van der Waals surface area contributed by atoms with Crippen LogP contribution in [0.2, 0.25) is 0 Å². The standard InChI is InChI=1S/C21H34N2O5/c1-3-5-6-7-11-20(26)28-14-12-22-21(27)17(9-4-2)15-19(25)23-13-8-10-18(23)16-24/h3-4,17-18,24H,1-2,5-16H2,(H,22,27). The summed E-state index contributed by atoms with van der Waals surface area (Å²) >= 11 is 0. The number of nitrogens with one attached hydrogen (secondary N) is 1. The van der Waals surface area contributed by atoms with E-state index in [1.54, 1.807) is 11.0 Å². The molecule has 28 heavy (non-hydrogen) atoms. The average Bonchev–Trinajstić information content (AvgIpc) is 3.17. The van der Waals surface area contributed by atoms with Crippen LogP contribution in [0.15, 0.2) is 25.3 Å². The van der Waals surface area contributed by atoms with Crippen LogP contribution < -0.4 is 5.32 Å². The molecule has 1 rings (SSSR count). The van der Waals surface area contributed by atoms with Gasteiger partial charge in [0.05, 0.1) is 25.1 Å². The Hall–Kier alpha value is -2.15. The molecule has 2 atom stereocenters. The molecule has 2 amide bonds. The molecular weight excluding hydrogens is 360 g/mol. The topological polar surface area (TPSA) is 95.9 Å². The van der Waals surface area contributed by atoms with Crippen LogP contribution in [-0.4, -0.2) is 60.1 Å². The van der Waals surface area contributed by atoms with Crippen LogP contribution in [0.5, 0.6) is 0 Å². The lowest BCUT2D eigenvalue weighted by atomic mass is 9.99. The number of ether oxygens (including phenoxy) is 1. The summed E-state index contributed by atoms with van der Waals surface area (Å²) in [6.07, 6.45) is 8.46. The molecule has 2 N–H and O–H groups in total. The van der Waals surface area contributed by atoms with E-state index in [1.165, 1.54) is 0 Å². The molecule has 1 aliphatic heterocycles. The first-order valence-electron chi connectivity index (χ1n) is 10.1. The molecule has 0 aromatic rings. The van der Waals surface area contributed by atoms with Gasteiger partial charge in [-0.2, -0.15) is 0 Å². The number of carbonyl (C=O) groups excluding carboxylic acids is 3. The molecule has 1 fully saturated rings. The molecule has 1 aliphatic rings. The van der Waals surface area contributed by atoms with Gasteiger partial charge >= 0.3 is 5.97 Å². The zero-order chi connectivity index (χ0) is 20.8. The number of aliphatic hydroxyl groups excluding tert-OH is 1. The Morgan fingerprint density at radius 2 is 2.04 bits per heavy atom. The van der Waals surface area contributed by atoms with Gasteiger partial charge in [-0.15, -0.1) is 13.2 Å². The van der Waals surface area contributed by atoms with Crippen LogP contribution >= 0.6 is 0 Å². The highest BCUT2D eigenvalue weighted by Crippen LogP contribution is 2.20. The Kier molecular flexibility index (Phi) is 11.9. The number of rotatable bonds is 14. The second kappa shape index (κ2) is 13.9. The number of unbranched alkanes of at least 4 members (excludes halogenated alkanes) is 2. The third-order valence-electron chi connectivity index (χ3n) is 4.85. The highest BCUT2D eigenvalue weighted by Gasteiger charge is 2.30. The molecule has 158 valence electrons. The molecule has 7 heteroatoms. The van der Waals surface area contributed by atoms with Gasteiger partial charge in [0, 0.05) is 19.4 Å². The number of hydrogen-bond donors (Lipinski definition) is 2. The normalized spacial score (nSPS) is 17.0. The van der Waals surface area contributed by atoms with Crippen LogP contribution in [0, 0.1) is 5.92 Å². The van der Waals surface area contributed by atoms with E-state index in [4.69, 9.17) is 4.74 Å². The molecule has 0 saturated carbocycles. The van der Waals surface area contributed by atoms with Crippen LogP contribution in [0.25, 0.3) is 0 Å². The summed E-state index contributed by atoms with van der Waals surface area (Å²) in [4.78, 5) is 38.1. The third kappa shape index (κ3) is 8.69. The van der Waals surface area contributed by atoms with E-state index in [0.29, 0.717) is 19.4 Å². The largest absolute Gasteiger partial charge is 0.464 e. The summed E-state index contributed by atoms with van der Waals surface area (Å²) in [7, 11) is 0. The smallest absolute Gasteiger partial charge is 0.305 e. The quantitative estimate of drug-likeness (QED) is 0.267. The third-order valence-corrected chi connectivity index (χ3v) is 4.85. The van der Waals surface area contributed by atoms with E-state index in [2.05, 4.69) is 18.5 Å². The first kappa shape index (κ1) is 23.9. The van der Waals surface area contributed by atoms with Crippen LogP contribution in [-0.2, 0) is 19.1 Å². The molecule has 2 unspecified atom stereocenters. The number of allylic oxidation sites excluding steroid dienone is 2. The van der Waals surface area contributed by atoms with Crippen LogP contribution in [0.3, 0.4) is 0 Å². The van der Waals surface area contributed by atoms with Gasteiger partial charge in [-0.3, -0.25) is 14.4 Å². The maximum absolute atomic E-state index is 12.5. The minimum atomic E-state index is -0.514. The number of hydrogen-bond acceptors (Lipinski definition) is 5. The lowest BCUT2D eigenvalue weighted by Crippen LogP contribution is -2.41. The molecule has 0 radical (unpaired) electrons. The van der Waals surface area contributed by atoms with E-state index in [9.17, 15) is 19.5 Å². The summed E-state index contributed by atoms with van der Waals surface area (Å²) in [6.45, 7) is 8.18. The fourth-order valence-electron chi connectivity index (χ4n) is 3.28. The van der Waals surface area contributed by atoms with E-state index in [0.717, 1.165) is 32.1 Å². The Morgan fingerprint density at radius 1 is 1.25 bits per heavy atom. The summed E-state index contributed by atoms with van der Waals surface area (Å²) in [5.74, 6) is -1.17. The summed E-state index contributed by atoms with van der Waals surface area (Å²) in [6, 6.07) is -0.147. The number of amides is 2. The number of aliphatic hydroxyl groups is 1. The van der Waals surface area contributed by atoms with E-state index in [-0.39, 0.29) is 50.0 Å². The average molecular weight is 395 g/mol. The lowest BCUT2D eigenvalue weighted by Gasteiger charge is -2.25. The van der Waals surface area contributed by atoms with Gasteiger partial charge in [-0.1, -0.05) is 12.2 Å². The molecule has 0 spiro atoms. The second-order valence-electron chi connectivity index (χ2n) is 7.04. The van der Waals surface area contributed by atoms with Crippen molar-refractivity contribution in [3.05, 3.63) is 25.3 Å². The van der Waals surface area contributed by atoms with Crippen molar-refractivity contribution in [3.8, 4) is 0 Å².